The van der Waals surface area contributed by atoms with Gasteiger partial charge in [-0.2, -0.15) is 5.26 Å². The van der Waals surface area contributed by atoms with E-state index >= 15 is 0 Å². The zero-order valence-electron chi connectivity index (χ0n) is 13.7. The molecule has 3 rings (SSSR count). The third-order valence-corrected chi connectivity index (χ3v) is 4.10. The molecular formula is C17H17FN4O3. The Kier molecular flexibility index (Phi) is 4.59. The van der Waals surface area contributed by atoms with Crippen LogP contribution in [0.5, 0.6) is 0 Å². The van der Waals surface area contributed by atoms with Crippen molar-refractivity contribution in [1.29, 1.82) is 5.26 Å². The van der Waals surface area contributed by atoms with Gasteiger partial charge >= 0.3 is 5.97 Å². The van der Waals surface area contributed by atoms with Gasteiger partial charge in [-0.15, -0.1) is 0 Å². The molecule has 130 valence electrons. The zero-order chi connectivity index (χ0) is 18.0. The Labute approximate surface area is 144 Å². The molecule has 1 saturated heterocycles. The van der Waals surface area contributed by atoms with Gasteiger partial charge < -0.3 is 24.7 Å². The van der Waals surface area contributed by atoms with Gasteiger partial charge in [-0.25, -0.2) is 9.18 Å². The van der Waals surface area contributed by atoms with Crippen molar-refractivity contribution < 1.29 is 18.7 Å². The Hall–Kier alpha value is -3.05. The molecule has 0 aliphatic carbocycles. The van der Waals surface area contributed by atoms with E-state index in [9.17, 15) is 14.4 Å². The molecule has 0 amide bonds. The first kappa shape index (κ1) is 16.8. The molecule has 2 heterocycles. The third kappa shape index (κ3) is 2.90. The highest BCUT2D eigenvalue weighted by molar-refractivity contribution is 5.96. The summed E-state index contributed by atoms with van der Waals surface area (Å²) in [5.74, 6) is -1.13. The van der Waals surface area contributed by atoms with Crippen LogP contribution in [0, 0.1) is 17.1 Å². The minimum absolute atomic E-state index is 0.000778. The first-order valence-electron chi connectivity index (χ1n) is 7.69. The number of esters is 1. The molecule has 0 saturated carbocycles. The minimum Gasteiger partial charge on any atom is -0.464 e. The summed E-state index contributed by atoms with van der Waals surface area (Å²) in [5, 5.41) is 9.23. The number of methoxy groups -OCH3 is 1. The number of carbonyl (C=O) groups is 1. The van der Waals surface area contributed by atoms with E-state index in [2.05, 4.69) is 0 Å². The fourth-order valence-electron chi connectivity index (χ4n) is 2.90. The van der Waals surface area contributed by atoms with Crippen LogP contribution in [0.15, 0.2) is 24.4 Å². The number of nitrogens with two attached hydrogens (primary N) is 1. The smallest absolute Gasteiger partial charge is 0.357 e. The molecule has 8 heteroatoms. The lowest BCUT2D eigenvalue weighted by Crippen LogP contribution is -2.37. The van der Waals surface area contributed by atoms with E-state index in [1.165, 1.54) is 30.0 Å². The van der Waals surface area contributed by atoms with Crippen LogP contribution < -0.4 is 10.6 Å². The summed E-state index contributed by atoms with van der Waals surface area (Å²) in [5.41, 5.74) is 6.79. The lowest BCUT2D eigenvalue weighted by atomic mass is 10.2. The number of rotatable bonds is 3. The summed E-state index contributed by atoms with van der Waals surface area (Å²) >= 11 is 0. The molecule has 0 spiro atoms. The van der Waals surface area contributed by atoms with Gasteiger partial charge in [0.25, 0.3) is 0 Å². The number of ether oxygens (including phenoxy) is 2. The zero-order valence-corrected chi connectivity index (χ0v) is 13.7. The molecule has 1 aliphatic heterocycles. The Morgan fingerprint density at radius 1 is 1.40 bits per heavy atom. The highest BCUT2D eigenvalue weighted by Gasteiger charge is 2.26. The molecule has 0 unspecified atom stereocenters. The summed E-state index contributed by atoms with van der Waals surface area (Å²) in [6.07, 6.45) is 1.42. The second-order valence-electron chi connectivity index (χ2n) is 5.49. The number of halogens is 1. The number of benzene rings is 1. The normalized spacial score (nSPS) is 14.2. The van der Waals surface area contributed by atoms with Crippen molar-refractivity contribution in [1.82, 2.24) is 4.57 Å². The Bertz CT molecular complexity index is 850. The van der Waals surface area contributed by atoms with Crippen LogP contribution in [0.3, 0.4) is 0 Å². The first-order chi connectivity index (χ1) is 12.1. The van der Waals surface area contributed by atoms with Gasteiger partial charge in [0.15, 0.2) is 5.69 Å². The molecule has 0 bridgehead atoms. The van der Waals surface area contributed by atoms with Crippen LogP contribution in [0.2, 0.25) is 0 Å². The van der Waals surface area contributed by atoms with Gasteiger partial charge in [0.1, 0.15) is 11.9 Å². The van der Waals surface area contributed by atoms with Crippen LogP contribution >= 0.6 is 0 Å². The maximum Gasteiger partial charge on any atom is 0.357 e. The lowest BCUT2D eigenvalue weighted by Gasteiger charge is -2.31. The summed E-state index contributed by atoms with van der Waals surface area (Å²) in [6, 6.07) is 6.50. The third-order valence-electron chi connectivity index (χ3n) is 4.10. The quantitative estimate of drug-likeness (QED) is 0.852. The Morgan fingerprint density at radius 3 is 2.76 bits per heavy atom. The summed E-state index contributed by atoms with van der Waals surface area (Å²) < 4.78 is 26.1. The van der Waals surface area contributed by atoms with E-state index in [1.807, 2.05) is 11.0 Å². The molecule has 2 N–H and O–H groups in total. The molecule has 25 heavy (non-hydrogen) atoms. The molecule has 1 aromatic carbocycles. The van der Waals surface area contributed by atoms with Gasteiger partial charge in [0, 0.05) is 19.3 Å². The topological polar surface area (TPSA) is 93.5 Å². The van der Waals surface area contributed by atoms with E-state index in [-0.39, 0.29) is 16.9 Å². The Morgan fingerprint density at radius 2 is 2.12 bits per heavy atom. The number of carbonyl (C=O) groups excluding carboxylic acids is 1. The van der Waals surface area contributed by atoms with Crippen molar-refractivity contribution in [3.05, 3.63) is 41.5 Å². The van der Waals surface area contributed by atoms with E-state index in [4.69, 9.17) is 15.2 Å². The molecule has 1 aliphatic rings. The fourth-order valence-corrected chi connectivity index (χ4v) is 2.90. The van der Waals surface area contributed by atoms with Gasteiger partial charge in [-0.1, -0.05) is 6.07 Å². The van der Waals surface area contributed by atoms with Crippen molar-refractivity contribution in [3.63, 3.8) is 0 Å². The van der Waals surface area contributed by atoms with Gasteiger partial charge in [-0.3, -0.25) is 0 Å². The molecule has 2 aromatic rings. The lowest BCUT2D eigenvalue weighted by molar-refractivity contribution is 0.0593. The van der Waals surface area contributed by atoms with E-state index < -0.39 is 11.8 Å². The van der Waals surface area contributed by atoms with Crippen molar-refractivity contribution in [2.24, 2.45) is 0 Å². The summed E-state index contributed by atoms with van der Waals surface area (Å²) in [7, 11) is 1.22. The van der Waals surface area contributed by atoms with Crippen LogP contribution in [0.4, 0.5) is 15.8 Å². The average molecular weight is 344 g/mol. The van der Waals surface area contributed by atoms with Gasteiger partial charge in [0.05, 0.1) is 42.9 Å². The first-order valence-corrected chi connectivity index (χ1v) is 7.69. The predicted molar refractivity (Wildman–Crippen MR) is 89.2 cm³/mol. The van der Waals surface area contributed by atoms with Gasteiger partial charge in [0.2, 0.25) is 0 Å². The number of anilines is 2. The second kappa shape index (κ2) is 6.83. The highest BCUT2D eigenvalue weighted by atomic mass is 19.1. The number of para-hydroxylation sites is 1. The van der Waals surface area contributed by atoms with Crippen molar-refractivity contribution >= 4 is 17.3 Å². The largest absolute Gasteiger partial charge is 0.464 e. The monoisotopic (exact) mass is 344 g/mol. The molecular weight excluding hydrogens is 327 g/mol. The van der Waals surface area contributed by atoms with E-state index in [0.29, 0.717) is 37.7 Å². The number of hydrogen-bond acceptors (Lipinski definition) is 6. The highest BCUT2D eigenvalue weighted by Crippen LogP contribution is 2.33. The van der Waals surface area contributed by atoms with Crippen molar-refractivity contribution in [2.75, 3.05) is 44.0 Å². The minimum atomic E-state index is -0.698. The number of hydrogen-bond donors (Lipinski definition) is 1. The maximum atomic E-state index is 14.6. The van der Waals surface area contributed by atoms with Crippen LogP contribution in [0.1, 0.15) is 16.1 Å². The number of nitrogen functional groups attached to an aromatic ring is 1. The predicted octanol–water partition coefficient (Wildman–Crippen LogP) is 1.69. The van der Waals surface area contributed by atoms with Crippen LogP contribution in [-0.2, 0) is 9.47 Å². The van der Waals surface area contributed by atoms with Crippen LogP contribution in [0.25, 0.3) is 5.69 Å². The van der Waals surface area contributed by atoms with Crippen molar-refractivity contribution in [3.8, 4) is 11.8 Å². The summed E-state index contributed by atoms with van der Waals surface area (Å²) in [4.78, 5) is 14.0. The number of nitrogens with zero attached hydrogens (tertiary/aromatic N) is 3. The molecule has 0 radical (unpaired) electrons. The number of aromatic nitrogens is 1. The van der Waals surface area contributed by atoms with E-state index in [0.717, 1.165) is 0 Å². The molecule has 1 fully saturated rings. The van der Waals surface area contributed by atoms with Crippen molar-refractivity contribution in [2.45, 2.75) is 0 Å². The SMILES string of the molecule is COC(=O)c1c(N)c(C#N)cn1-c1cccc(F)c1N1CCOCC1. The maximum absolute atomic E-state index is 14.6. The molecule has 7 nitrogen and oxygen atoms in total. The second-order valence-corrected chi connectivity index (χ2v) is 5.49. The molecule has 1 aromatic heterocycles. The number of morpholine rings is 1. The molecule has 0 atom stereocenters. The Balaban J connectivity index is 2.22. The van der Waals surface area contributed by atoms with E-state index in [1.54, 1.807) is 6.07 Å². The van der Waals surface area contributed by atoms with Crippen LogP contribution in [-0.4, -0.2) is 43.9 Å². The number of nitriles is 1. The summed E-state index contributed by atoms with van der Waals surface area (Å²) in [6.45, 7) is 2.00. The average Bonchev–Trinajstić information content (AvgIpc) is 2.98. The standard InChI is InChI=1S/C17H17FN4O3/c1-24-17(23)16-14(20)11(9-19)10-22(16)13-4-2-3-12(18)15(13)21-5-7-25-8-6-21/h2-4,10H,5-8,20H2,1H3. The fraction of sp³-hybridized carbons (Fsp3) is 0.294. The van der Waals surface area contributed by atoms with Gasteiger partial charge in [-0.05, 0) is 12.1 Å².